The predicted molar refractivity (Wildman–Crippen MR) is 76.8 cm³/mol. The molecule has 2 aromatic carbocycles. The number of aromatic nitrogens is 1. The summed E-state index contributed by atoms with van der Waals surface area (Å²) in [7, 11) is 0. The van der Waals surface area contributed by atoms with Crippen LogP contribution in [0.3, 0.4) is 0 Å². The first-order valence-corrected chi connectivity index (χ1v) is 6.30. The Kier molecular flexibility index (Phi) is 3.16. The zero-order valence-corrected chi connectivity index (χ0v) is 11.1. The monoisotopic (exact) mass is 288 g/mol. The molecule has 0 unspecified atom stereocenters. The van der Waals surface area contributed by atoms with Crippen LogP contribution < -0.4 is 5.73 Å². The van der Waals surface area contributed by atoms with Crippen molar-refractivity contribution >= 4 is 17.5 Å². The summed E-state index contributed by atoms with van der Waals surface area (Å²) in [5, 5.41) is 4.55. The maximum absolute atomic E-state index is 13.3. The summed E-state index contributed by atoms with van der Waals surface area (Å²) in [5.74, 6) is -0.155. The van der Waals surface area contributed by atoms with Crippen molar-refractivity contribution in [3.8, 4) is 22.4 Å². The van der Waals surface area contributed by atoms with Gasteiger partial charge < -0.3 is 10.3 Å². The maximum Gasteiger partial charge on any atom is 0.230 e. The zero-order chi connectivity index (χ0) is 14.1. The third kappa shape index (κ3) is 2.26. The van der Waals surface area contributed by atoms with E-state index in [0.29, 0.717) is 21.8 Å². The van der Waals surface area contributed by atoms with Gasteiger partial charge in [-0.15, -0.1) is 0 Å². The van der Waals surface area contributed by atoms with Gasteiger partial charge in [-0.05, 0) is 29.8 Å². The van der Waals surface area contributed by atoms with Crippen LogP contribution in [-0.4, -0.2) is 5.16 Å². The van der Waals surface area contributed by atoms with Crippen molar-refractivity contribution in [1.29, 1.82) is 0 Å². The lowest BCUT2D eigenvalue weighted by atomic mass is 10.0. The first-order chi connectivity index (χ1) is 9.65. The molecule has 1 aromatic heterocycles. The van der Waals surface area contributed by atoms with Crippen LogP contribution in [-0.2, 0) is 0 Å². The Morgan fingerprint density at radius 1 is 1.05 bits per heavy atom. The number of hydrogen-bond donors (Lipinski definition) is 1. The van der Waals surface area contributed by atoms with Crippen molar-refractivity contribution < 1.29 is 8.91 Å². The van der Waals surface area contributed by atoms with Gasteiger partial charge in [-0.1, -0.05) is 41.0 Å². The average Bonchev–Trinajstić information content (AvgIpc) is 2.82. The van der Waals surface area contributed by atoms with Gasteiger partial charge in [-0.3, -0.25) is 0 Å². The van der Waals surface area contributed by atoms with Gasteiger partial charge in [0, 0.05) is 10.6 Å². The van der Waals surface area contributed by atoms with Crippen LogP contribution in [0.2, 0.25) is 5.02 Å². The van der Waals surface area contributed by atoms with Gasteiger partial charge in [0.1, 0.15) is 11.5 Å². The van der Waals surface area contributed by atoms with E-state index in [-0.39, 0.29) is 11.7 Å². The fourth-order valence-electron chi connectivity index (χ4n) is 2.03. The Labute approximate surface area is 119 Å². The van der Waals surface area contributed by atoms with Gasteiger partial charge in [0.2, 0.25) is 5.88 Å². The second-order valence-electron chi connectivity index (χ2n) is 4.29. The minimum atomic E-state index is -0.342. The van der Waals surface area contributed by atoms with Crippen molar-refractivity contribution in [2.75, 3.05) is 5.73 Å². The van der Waals surface area contributed by atoms with Gasteiger partial charge in [0.05, 0.1) is 5.56 Å². The smallest absolute Gasteiger partial charge is 0.230 e. The van der Waals surface area contributed by atoms with Crippen molar-refractivity contribution in [1.82, 2.24) is 5.16 Å². The molecule has 0 aliphatic rings. The molecule has 20 heavy (non-hydrogen) atoms. The molecular formula is C15H10ClFN2O. The Morgan fingerprint density at radius 2 is 1.80 bits per heavy atom. The molecule has 0 radical (unpaired) electrons. The number of nitrogens with two attached hydrogens (primary N) is 1. The van der Waals surface area contributed by atoms with E-state index < -0.39 is 0 Å². The molecule has 3 nitrogen and oxygen atoms in total. The van der Waals surface area contributed by atoms with Crippen molar-refractivity contribution in [3.63, 3.8) is 0 Å². The number of nitrogen functional groups attached to an aromatic ring is 1. The molecule has 0 atom stereocenters. The van der Waals surface area contributed by atoms with Gasteiger partial charge >= 0.3 is 0 Å². The van der Waals surface area contributed by atoms with E-state index in [2.05, 4.69) is 5.16 Å². The molecular weight excluding hydrogens is 279 g/mol. The van der Waals surface area contributed by atoms with Crippen LogP contribution in [0.25, 0.3) is 22.4 Å². The number of rotatable bonds is 2. The summed E-state index contributed by atoms with van der Waals surface area (Å²) >= 11 is 5.87. The highest BCUT2D eigenvalue weighted by Gasteiger charge is 2.17. The summed E-state index contributed by atoms with van der Waals surface area (Å²) < 4.78 is 18.4. The first kappa shape index (κ1) is 12.7. The molecule has 1 heterocycles. The highest BCUT2D eigenvalue weighted by atomic mass is 35.5. The van der Waals surface area contributed by atoms with Crippen LogP contribution in [0, 0.1) is 5.82 Å². The number of benzene rings is 2. The number of hydrogen-bond acceptors (Lipinski definition) is 3. The first-order valence-electron chi connectivity index (χ1n) is 5.92. The van der Waals surface area contributed by atoms with E-state index in [4.69, 9.17) is 21.9 Å². The fraction of sp³-hybridized carbons (Fsp3) is 0. The summed E-state index contributed by atoms with van der Waals surface area (Å²) in [4.78, 5) is 0. The molecule has 0 aliphatic carbocycles. The van der Waals surface area contributed by atoms with Crippen LogP contribution >= 0.6 is 11.6 Å². The SMILES string of the molecule is Nc1onc(-c2cccc(F)c2)c1-c1ccc(Cl)cc1. The third-order valence-electron chi connectivity index (χ3n) is 2.95. The van der Waals surface area contributed by atoms with E-state index in [1.807, 2.05) is 12.1 Å². The lowest BCUT2D eigenvalue weighted by Gasteiger charge is -2.03. The van der Waals surface area contributed by atoms with Gasteiger partial charge in [0.15, 0.2) is 0 Å². The molecule has 0 spiro atoms. The topological polar surface area (TPSA) is 52.0 Å². The Balaban J connectivity index is 2.17. The van der Waals surface area contributed by atoms with Crippen LogP contribution in [0.5, 0.6) is 0 Å². The van der Waals surface area contributed by atoms with E-state index in [9.17, 15) is 4.39 Å². The molecule has 0 aliphatic heterocycles. The molecule has 0 bridgehead atoms. The number of anilines is 1. The summed E-state index contributed by atoms with van der Waals surface area (Å²) in [6, 6.07) is 13.2. The van der Waals surface area contributed by atoms with Crippen LogP contribution in [0.1, 0.15) is 0 Å². The summed E-state index contributed by atoms with van der Waals surface area (Å²) in [5.41, 5.74) is 8.39. The second-order valence-corrected chi connectivity index (χ2v) is 4.72. The molecule has 2 N–H and O–H groups in total. The van der Waals surface area contributed by atoms with E-state index in [1.165, 1.54) is 12.1 Å². The zero-order valence-electron chi connectivity index (χ0n) is 10.3. The average molecular weight is 289 g/mol. The lowest BCUT2D eigenvalue weighted by molar-refractivity contribution is 0.439. The van der Waals surface area contributed by atoms with E-state index in [0.717, 1.165) is 5.56 Å². The molecule has 5 heteroatoms. The Bertz CT molecular complexity index is 753. The van der Waals surface area contributed by atoms with Crippen LogP contribution in [0.4, 0.5) is 10.3 Å². The van der Waals surface area contributed by atoms with Crippen molar-refractivity contribution in [2.45, 2.75) is 0 Å². The predicted octanol–water partition coefficient (Wildman–Crippen LogP) is 4.38. The van der Waals surface area contributed by atoms with Crippen molar-refractivity contribution in [2.24, 2.45) is 0 Å². The molecule has 0 fully saturated rings. The molecule has 3 rings (SSSR count). The maximum atomic E-state index is 13.3. The normalized spacial score (nSPS) is 10.7. The van der Waals surface area contributed by atoms with Crippen LogP contribution in [0.15, 0.2) is 53.1 Å². The van der Waals surface area contributed by atoms with Crippen molar-refractivity contribution in [3.05, 3.63) is 59.4 Å². The fourth-order valence-corrected chi connectivity index (χ4v) is 2.16. The Hall–Kier alpha value is -2.33. The molecule has 0 amide bonds. The van der Waals surface area contributed by atoms with Gasteiger partial charge in [-0.25, -0.2) is 4.39 Å². The summed E-state index contributed by atoms with van der Waals surface area (Å²) in [6.07, 6.45) is 0. The minimum absolute atomic E-state index is 0.187. The summed E-state index contributed by atoms with van der Waals surface area (Å²) in [6.45, 7) is 0. The molecule has 100 valence electrons. The highest BCUT2D eigenvalue weighted by molar-refractivity contribution is 6.30. The van der Waals surface area contributed by atoms with Gasteiger partial charge in [0.25, 0.3) is 0 Å². The number of halogens is 2. The van der Waals surface area contributed by atoms with E-state index >= 15 is 0 Å². The quantitative estimate of drug-likeness (QED) is 0.761. The Morgan fingerprint density at radius 3 is 2.50 bits per heavy atom. The third-order valence-corrected chi connectivity index (χ3v) is 3.20. The standard InChI is InChI=1S/C15H10ClFN2O/c16-11-6-4-9(5-7-11)13-14(19-20-15(13)18)10-2-1-3-12(17)8-10/h1-8H,18H2. The van der Waals surface area contributed by atoms with E-state index in [1.54, 1.807) is 24.3 Å². The molecule has 0 saturated carbocycles. The highest BCUT2D eigenvalue weighted by Crippen LogP contribution is 2.36. The second kappa shape index (κ2) is 4.98. The minimum Gasteiger partial charge on any atom is -0.367 e. The molecule has 3 aromatic rings. The number of nitrogens with zero attached hydrogens (tertiary/aromatic N) is 1. The largest absolute Gasteiger partial charge is 0.367 e. The lowest BCUT2D eigenvalue weighted by Crippen LogP contribution is -1.88. The van der Waals surface area contributed by atoms with Gasteiger partial charge in [-0.2, -0.15) is 0 Å². The molecule has 0 saturated heterocycles.